The molecule has 0 saturated heterocycles. The van der Waals surface area contributed by atoms with Crippen LogP contribution in [0.3, 0.4) is 0 Å². The van der Waals surface area contributed by atoms with Gasteiger partial charge in [-0.25, -0.2) is 15.0 Å². The fraction of sp³-hybridized carbons (Fsp3) is 0.583. The molecule has 0 fully saturated rings. The number of nitrogens with one attached hydrogen (secondary N) is 1. The van der Waals surface area contributed by atoms with E-state index < -0.39 is 0 Å². The number of nitrogen functional groups attached to an aromatic ring is 1. The standard InChI is InChI=1S/C12H20N6/c1-12(2,3)5-7(13)4-8-17-9-10(14)15-6-16-11(9)18-8/h6-7H,4-5,13H2,1-3H3,(H3,14,15,16,17,18). The lowest BCUT2D eigenvalue weighted by Gasteiger charge is -2.22. The number of aromatic amines is 1. The fourth-order valence-electron chi connectivity index (χ4n) is 2.10. The zero-order chi connectivity index (χ0) is 13.3. The maximum absolute atomic E-state index is 6.12. The summed E-state index contributed by atoms with van der Waals surface area (Å²) in [6.07, 6.45) is 3.04. The number of imidazole rings is 1. The maximum Gasteiger partial charge on any atom is 0.183 e. The van der Waals surface area contributed by atoms with Crippen LogP contribution in [-0.2, 0) is 6.42 Å². The topological polar surface area (TPSA) is 106 Å². The Kier molecular flexibility index (Phi) is 3.21. The van der Waals surface area contributed by atoms with E-state index in [9.17, 15) is 0 Å². The second-order valence-corrected chi connectivity index (χ2v) is 5.87. The molecule has 0 aliphatic carbocycles. The van der Waals surface area contributed by atoms with Gasteiger partial charge in [0.1, 0.15) is 17.7 Å². The first kappa shape index (κ1) is 12.8. The number of aromatic nitrogens is 4. The van der Waals surface area contributed by atoms with Crippen molar-refractivity contribution in [1.82, 2.24) is 19.9 Å². The molecule has 1 unspecified atom stereocenters. The van der Waals surface area contributed by atoms with E-state index in [4.69, 9.17) is 11.5 Å². The molecule has 2 aromatic heterocycles. The van der Waals surface area contributed by atoms with E-state index in [-0.39, 0.29) is 11.5 Å². The Labute approximate surface area is 106 Å². The van der Waals surface area contributed by atoms with E-state index in [1.54, 1.807) is 0 Å². The third kappa shape index (κ3) is 2.95. The number of nitrogens with two attached hydrogens (primary N) is 2. The van der Waals surface area contributed by atoms with Crippen molar-refractivity contribution in [2.24, 2.45) is 11.1 Å². The lowest BCUT2D eigenvalue weighted by molar-refractivity contribution is 0.337. The van der Waals surface area contributed by atoms with E-state index in [1.807, 2.05) is 0 Å². The molecule has 1 atom stereocenters. The molecule has 0 bridgehead atoms. The average Bonchev–Trinajstić information content (AvgIpc) is 2.58. The van der Waals surface area contributed by atoms with Crippen LogP contribution in [0.5, 0.6) is 0 Å². The monoisotopic (exact) mass is 248 g/mol. The van der Waals surface area contributed by atoms with Gasteiger partial charge in [0.05, 0.1) is 0 Å². The molecular formula is C12H20N6. The van der Waals surface area contributed by atoms with Gasteiger partial charge in [0.15, 0.2) is 11.5 Å². The van der Waals surface area contributed by atoms with Crippen LogP contribution in [0.2, 0.25) is 0 Å². The first-order chi connectivity index (χ1) is 8.35. The lowest BCUT2D eigenvalue weighted by atomic mass is 9.87. The summed E-state index contributed by atoms with van der Waals surface area (Å²) in [7, 11) is 0. The van der Waals surface area contributed by atoms with Crippen LogP contribution in [0.25, 0.3) is 11.2 Å². The van der Waals surface area contributed by atoms with Crippen molar-refractivity contribution >= 4 is 17.0 Å². The normalized spacial score (nSPS) is 14.0. The van der Waals surface area contributed by atoms with E-state index in [1.165, 1.54) is 6.33 Å². The molecule has 98 valence electrons. The van der Waals surface area contributed by atoms with Gasteiger partial charge in [0.2, 0.25) is 0 Å². The molecule has 2 aromatic rings. The number of H-pyrrole nitrogens is 1. The summed E-state index contributed by atoms with van der Waals surface area (Å²) >= 11 is 0. The third-order valence-corrected chi connectivity index (χ3v) is 2.70. The zero-order valence-electron chi connectivity index (χ0n) is 11.1. The minimum Gasteiger partial charge on any atom is -0.382 e. The quantitative estimate of drug-likeness (QED) is 0.757. The van der Waals surface area contributed by atoms with Crippen LogP contribution in [-0.4, -0.2) is 26.0 Å². The largest absolute Gasteiger partial charge is 0.382 e. The van der Waals surface area contributed by atoms with Gasteiger partial charge >= 0.3 is 0 Å². The Morgan fingerprint density at radius 2 is 2.06 bits per heavy atom. The second kappa shape index (κ2) is 4.53. The summed E-state index contributed by atoms with van der Waals surface area (Å²) in [6.45, 7) is 6.53. The van der Waals surface area contributed by atoms with Crippen LogP contribution < -0.4 is 11.5 Å². The molecule has 0 saturated carbocycles. The van der Waals surface area contributed by atoms with Gasteiger partial charge in [-0.1, -0.05) is 20.8 Å². The van der Waals surface area contributed by atoms with Gasteiger partial charge in [-0.05, 0) is 11.8 Å². The first-order valence-corrected chi connectivity index (χ1v) is 6.06. The van der Waals surface area contributed by atoms with Crippen LogP contribution in [0.4, 0.5) is 5.82 Å². The first-order valence-electron chi connectivity index (χ1n) is 6.06. The minimum absolute atomic E-state index is 0.0692. The van der Waals surface area contributed by atoms with Crippen molar-refractivity contribution in [2.75, 3.05) is 5.73 Å². The Bertz CT molecular complexity index is 539. The van der Waals surface area contributed by atoms with Crippen molar-refractivity contribution in [1.29, 1.82) is 0 Å². The zero-order valence-corrected chi connectivity index (χ0v) is 11.1. The number of rotatable bonds is 3. The molecule has 0 aromatic carbocycles. The second-order valence-electron chi connectivity index (χ2n) is 5.87. The molecule has 2 rings (SSSR count). The Hall–Kier alpha value is -1.69. The summed E-state index contributed by atoms with van der Waals surface area (Å²) in [6, 6.07) is 0.0692. The summed E-state index contributed by atoms with van der Waals surface area (Å²) in [5.74, 6) is 1.23. The molecule has 6 heteroatoms. The molecule has 0 spiro atoms. The summed E-state index contributed by atoms with van der Waals surface area (Å²) < 4.78 is 0. The van der Waals surface area contributed by atoms with E-state index in [2.05, 4.69) is 40.7 Å². The van der Waals surface area contributed by atoms with Gasteiger partial charge in [-0.3, -0.25) is 0 Å². The molecule has 2 heterocycles. The van der Waals surface area contributed by atoms with Crippen molar-refractivity contribution < 1.29 is 0 Å². The molecule has 0 aliphatic heterocycles. The van der Waals surface area contributed by atoms with E-state index >= 15 is 0 Å². The highest BCUT2D eigenvalue weighted by atomic mass is 15.0. The van der Waals surface area contributed by atoms with Crippen LogP contribution in [0, 0.1) is 5.41 Å². The van der Waals surface area contributed by atoms with E-state index in [0.29, 0.717) is 23.4 Å². The highest BCUT2D eigenvalue weighted by Gasteiger charge is 2.17. The van der Waals surface area contributed by atoms with E-state index in [0.717, 1.165) is 12.2 Å². The summed E-state index contributed by atoms with van der Waals surface area (Å²) in [5, 5.41) is 0. The van der Waals surface area contributed by atoms with Gasteiger partial charge in [0, 0.05) is 12.5 Å². The Morgan fingerprint density at radius 1 is 1.33 bits per heavy atom. The summed E-state index contributed by atoms with van der Waals surface area (Å²) in [5.41, 5.74) is 13.4. The average molecular weight is 248 g/mol. The van der Waals surface area contributed by atoms with Crippen molar-refractivity contribution in [3.8, 4) is 0 Å². The minimum atomic E-state index is 0.0692. The number of nitrogens with zero attached hydrogens (tertiary/aromatic N) is 3. The number of anilines is 1. The maximum atomic E-state index is 6.12. The number of hydrogen-bond donors (Lipinski definition) is 3. The van der Waals surface area contributed by atoms with Crippen LogP contribution >= 0.6 is 0 Å². The Balaban J connectivity index is 2.15. The van der Waals surface area contributed by atoms with Gasteiger partial charge in [-0.2, -0.15) is 0 Å². The molecule has 0 radical (unpaired) electrons. The predicted octanol–water partition coefficient (Wildman–Crippen LogP) is 1.24. The molecule has 5 N–H and O–H groups in total. The third-order valence-electron chi connectivity index (χ3n) is 2.70. The molecule has 0 amide bonds. The van der Waals surface area contributed by atoms with Gasteiger partial charge in [-0.15, -0.1) is 0 Å². The Morgan fingerprint density at radius 3 is 2.67 bits per heavy atom. The molecule has 0 aliphatic rings. The SMILES string of the molecule is CC(C)(C)CC(N)Cc1nc2ncnc(N)c2[nH]1. The molecule has 18 heavy (non-hydrogen) atoms. The van der Waals surface area contributed by atoms with Crippen LogP contribution in [0.1, 0.15) is 33.0 Å². The predicted molar refractivity (Wildman–Crippen MR) is 71.8 cm³/mol. The number of hydrogen-bond acceptors (Lipinski definition) is 5. The van der Waals surface area contributed by atoms with Crippen molar-refractivity contribution in [3.63, 3.8) is 0 Å². The fourth-order valence-corrected chi connectivity index (χ4v) is 2.10. The van der Waals surface area contributed by atoms with Gasteiger partial charge < -0.3 is 16.5 Å². The number of fused-ring (bicyclic) bond motifs is 1. The lowest BCUT2D eigenvalue weighted by Crippen LogP contribution is -2.28. The highest BCUT2D eigenvalue weighted by molar-refractivity contribution is 5.80. The van der Waals surface area contributed by atoms with Gasteiger partial charge in [0.25, 0.3) is 0 Å². The van der Waals surface area contributed by atoms with Crippen LogP contribution in [0.15, 0.2) is 6.33 Å². The smallest absolute Gasteiger partial charge is 0.183 e. The van der Waals surface area contributed by atoms with Crippen molar-refractivity contribution in [2.45, 2.75) is 39.7 Å². The molecular weight excluding hydrogens is 228 g/mol. The highest BCUT2D eigenvalue weighted by Crippen LogP contribution is 2.21. The molecule has 6 nitrogen and oxygen atoms in total. The summed E-state index contributed by atoms with van der Waals surface area (Å²) in [4.78, 5) is 15.5. The van der Waals surface area contributed by atoms with Crippen molar-refractivity contribution in [3.05, 3.63) is 12.2 Å².